The topological polar surface area (TPSA) is 163 Å². The molecule has 3 N–H and O–H groups in total. The highest BCUT2D eigenvalue weighted by atomic mass is 16.6. The number of esters is 2. The lowest BCUT2D eigenvalue weighted by atomic mass is 10.1. The fourth-order valence-electron chi connectivity index (χ4n) is 4.57. The van der Waals surface area contributed by atoms with E-state index in [-0.39, 0.29) is 52.0 Å². The predicted octanol–water partition coefficient (Wildman–Crippen LogP) is 3.08. The average molecular weight is 703 g/mol. The van der Waals surface area contributed by atoms with Crippen LogP contribution in [0.15, 0.2) is 60.7 Å². The van der Waals surface area contributed by atoms with Crippen LogP contribution in [-0.4, -0.2) is 122 Å². The summed E-state index contributed by atoms with van der Waals surface area (Å²) in [5.74, 6) is -1.06. The summed E-state index contributed by atoms with van der Waals surface area (Å²) in [6.07, 6.45) is 3.37. The molecule has 0 bridgehead atoms. The van der Waals surface area contributed by atoms with Gasteiger partial charge in [0, 0.05) is 40.3 Å². The fraction of sp³-hybridized carbons (Fsp3) is 0.556. The standard InChI is InChI=1S/C36H54N4O10/c1-45-19-21-47-23-25-49-33(41)29-40(28-31-15-9-6-10-16-31)36(44)38-18-12-4-3-11-17-37-35(43)39-32(27-30-13-7-5-8-14-30)34(42)50-26-24-48-22-20-46-2/h5-10,13-16,32H,3-4,11-12,17-29H2,1-2H3,(H,38,44)(H2,37,39,43). The Balaban J connectivity index is 1.69. The molecule has 0 heterocycles. The summed E-state index contributed by atoms with van der Waals surface area (Å²) in [7, 11) is 3.16. The van der Waals surface area contributed by atoms with Gasteiger partial charge in [0.1, 0.15) is 25.8 Å². The molecule has 0 aliphatic rings. The first-order valence-electron chi connectivity index (χ1n) is 17.0. The van der Waals surface area contributed by atoms with Gasteiger partial charge in [-0.25, -0.2) is 14.4 Å². The number of nitrogens with zero attached hydrogens (tertiary/aromatic N) is 1. The molecule has 0 aliphatic heterocycles. The van der Waals surface area contributed by atoms with E-state index in [0.717, 1.165) is 36.8 Å². The van der Waals surface area contributed by atoms with E-state index in [1.54, 1.807) is 14.2 Å². The Morgan fingerprint density at radius 2 is 1.18 bits per heavy atom. The fourth-order valence-corrected chi connectivity index (χ4v) is 4.57. The predicted molar refractivity (Wildman–Crippen MR) is 186 cm³/mol. The van der Waals surface area contributed by atoms with Crippen LogP contribution in [-0.2, 0) is 51.0 Å². The number of rotatable bonds is 27. The van der Waals surface area contributed by atoms with E-state index in [2.05, 4.69) is 16.0 Å². The van der Waals surface area contributed by atoms with E-state index in [1.165, 1.54) is 4.90 Å². The highest BCUT2D eigenvalue weighted by Gasteiger charge is 2.23. The zero-order chi connectivity index (χ0) is 36.1. The average Bonchev–Trinajstić information content (AvgIpc) is 3.12. The number of amides is 4. The van der Waals surface area contributed by atoms with Crippen molar-refractivity contribution in [1.82, 2.24) is 20.9 Å². The van der Waals surface area contributed by atoms with Crippen molar-refractivity contribution < 1.29 is 47.6 Å². The van der Waals surface area contributed by atoms with Crippen molar-refractivity contribution >= 4 is 24.0 Å². The molecule has 4 amide bonds. The summed E-state index contributed by atoms with van der Waals surface area (Å²) in [6, 6.07) is 17.1. The number of carbonyl (C=O) groups excluding carboxylic acids is 4. The molecule has 278 valence electrons. The molecule has 2 rings (SSSR count). The zero-order valence-corrected chi connectivity index (χ0v) is 29.4. The number of unbranched alkanes of at least 4 members (excludes halogenated alkanes) is 3. The van der Waals surface area contributed by atoms with Gasteiger partial charge >= 0.3 is 24.0 Å². The third-order valence-corrected chi connectivity index (χ3v) is 7.19. The van der Waals surface area contributed by atoms with E-state index < -0.39 is 24.0 Å². The van der Waals surface area contributed by atoms with Crippen molar-refractivity contribution in [2.75, 3.05) is 86.7 Å². The van der Waals surface area contributed by atoms with Crippen LogP contribution in [0.1, 0.15) is 36.8 Å². The summed E-state index contributed by atoms with van der Waals surface area (Å²) < 4.78 is 31.1. The molecule has 2 aromatic carbocycles. The van der Waals surface area contributed by atoms with Crippen molar-refractivity contribution in [3.05, 3.63) is 71.8 Å². The van der Waals surface area contributed by atoms with Crippen molar-refractivity contribution in [3.63, 3.8) is 0 Å². The summed E-state index contributed by atoms with van der Waals surface area (Å²) in [5, 5.41) is 8.43. The van der Waals surface area contributed by atoms with Gasteiger partial charge in [0.05, 0.1) is 39.6 Å². The molecule has 0 fully saturated rings. The second-order valence-corrected chi connectivity index (χ2v) is 11.2. The number of urea groups is 2. The Kier molecular flexibility index (Phi) is 23.1. The van der Waals surface area contributed by atoms with Crippen LogP contribution in [0.2, 0.25) is 0 Å². The normalized spacial score (nSPS) is 11.3. The lowest BCUT2D eigenvalue weighted by molar-refractivity contribution is -0.147. The molecule has 0 aromatic heterocycles. The molecule has 0 saturated carbocycles. The molecular formula is C36H54N4O10. The molecule has 2 aromatic rings. The van der Waals surface area contributed by atoms with Gasteiger partial charge in [-0.2, -0.15) is 0 Å². The van der Waals surface area contributed by atoms with Gasteiger partial charge in [0.2, 0.25) is 0 Å². The molecular weight excluding hydrogens is 648 g/mol. The SMILES string of the molecule is COCCOCCOC(=O)CN(Cc1ccccc1)C(=O)NCCCCCCNC(=O)NC(Cc1ccccc1)C(=O)OCCOCCOC. The highest BCUT2D eigenvalue weighted by molar-refractivity contribution is 5.84. The molecule has 0 saturated heterocycles. The Labute approximate surface area is 295 Å². The van der Waals surface area contributed by atoms with Crippen LogP contribution in [0.25, 0.3) is 0 Å². The van der Waals surface area contributed by atoms with Gasteiger partial charge < -0.3 is 49.3 Å². The Morgan fingerprint density at radius 3 is 1.78 bits per heavy atom. The maximum atomic E-state index is 13.0. The summed E-state index contributed by atoms with van der Waals surface area (Å²) in [4.78, 5) is 52.2. The van der Waals surface area contributed by atoms with Crippen molar-refractivity contribution in [2.45, 2.75) is 44.7 Å². The third-order valence-electron chi connectivity index (χ3n) is 7.19. The number of methoxy groups -OCH3 is 2. The van der Waals surface area contributed by atoms with E-state index in [4.69, 9.17) is 28.4 Å². The smallest absolute Gasteiger partial charge is 0.329 e. The summed E-state index contributed by atoms with van der Waals surface area (Å²) in [6.45, 7) is 3.26. The van der Waals surface area contributed by atoms with Crippen molar-refractivity contribution in [3.8, 4) is 0 Å². The number of ether oxygens (including phenoxy) is 6. The van der Waals surface area contributed by atoms with Crippen LogP contribution in [0, 0.1) is 0 Å². The molecule has 14 nitrogen and oxygen atoms in total. The third kappa shape index (κ3) is 20.3. The number of carbonyl (C=O) groups is 4. The monoisotopic (exact) mass is 702 g/mol. The number of benzene rings is 2. The van der Waals surface area contributed by atoms with Crippen molar-refractivity contribution in [2.24, 2.45) is 0 Å². The van der Waals surface area contributed by atoms with Gasteiger partial charge in [-0.1, -0.05) is 73.5 Å². The van der Waals surface area contributed by atoms with E-state index in [9.17, 15) is 19.2 Å². The first-order chi connectivity index (χ1) is 24.4. The Morgan fingerprint density at radius 1 is 0.640 bits per heavy atom. The second-order valence-electron chi connectivity index (χ2n) is 11.2. The summed E-state index contributed by atoms with van der Waals surface area (Å²) in [5.41, 5.74) is 1.78. The quantitative estimate of drug-likeness (QED) is 0.0932. The minimum Gasteiger partial charge on any atom is -0.462 e. The van der Waals surface area contributed by atoms with Crippen LogP contribution >= 0.6 is 0 Å². The van der Waals surface area contributed by atoms with Gasteiger partial charge in [-0.15, -0.1) is 0 Å². The molecule has 0 radical (unpaired) electrons. The minimum atomic E-state index is -0.858. The molecule has 1 atom stereocenters. The highest BCUT2D eigenvalue weighted by Crippen LogP contribution is 2.07. The number of hydrogen-bond donors (Lipinski definition) is 3. The van der Waals surface area contributed by atoms with Gasteiger partial charge in [0.25, 0.3) is 0 Å². The van der Waals surface area contributed by atoms with E-state index in [0.29, 0.717) is 39.5 Å². The lowest BCUT2D eigenvalue weighted by Crippen LogP contribution is -2.48. The number of nitrogens with one attached hydrogen (secondary N) is 3. The van der Waals surface area contributed by atoms with Gasteiger partial charge in [-0.3, -0.25) is 4.79 Å². The van der Waals surface area contributed by atoms with Crippen molar-refractivity contribution in [1.29, 1.82) is 0 Å². The Hall–Kier alpha value is -4.24. The van der Waals surface area contributed by atoms with Gasteiger partial charge in [-0.05, 0) is 24.0 Å². The number of hydrogen-bond acceptors (Lipinski definition) is 10. The summed E-state index contributed by atoms with van der Waals surface area (Å²) >= 11 is 0. The Bertz CT molecular complexity index is 1210. The van der Waals surface area contributed by atoms with Crippen LogP contribution in [0.5, 0.6) is 0 Å². The maximum Gasteiger partial charge on any atom is 0.329 e. The van der Waals surface area contributed by atoms with Crippen LogP contribution in [0.4, 0.5) is 9.59 Å². The second kappa shape index (κ2) is 27.6. The van der Waals surface area contributed by atoms with Gasteiger partial charge in [0.15, 0.2) is 0 Å². The largest absolute Gasteiger partial charge is 0.462 e. The van der Waals surface area contributed by atoms with Crippen LogP contribution < -0.4 is 16.0 Å². The zero-order valence-electron chi connectivity index (χ0n) is 29.4. The molecule has 50 heavy (non-hydrogen) atoms. The molecule has 0 aliphatic carbocycles. The van der Waals surface area contributed by atoms with E-state index in [1.807, 2.05) is 60.7 Å². The first kappa shape index (κ1) is 41.9. The maximum absolute atomic E-state index is 13.0. The lowest BCUT2D eigenvalue weighted by Gasteiger charge is -2.22. The minimum absolute atomic E-state index is 0.0705. The first-order valence-corrected chi connectivity index (χ1v) is 17.0. The molecule has 0 spiro atoms. The molecule has 14 heteroatoms. The molecule has 1 unspecified atom stereocenters. The van der Waals surface area contributed by atoms with E-state index >= 15 is 0 Å². The van der Waals surface area contributed by atoms with Crippen LogP contribution in [0.3, 0.4) is 0 Å².